The number of rotatable bonds is 6. The molecular weight excluding hydrogens is 276 g/mol. The van der Waals surface area contributed by atoms with E-state index in [0.29, 0.717) is 19.7 Å². The number of nitrogens with two attached hydrogens (primary N) is 1. The lowest BCUT2D eigenvalue weighted by molar-refractivity contribution is 0.164. The summed E-state index contributed by atoms with van der Waals surface area (Å²) >= 11 is 0. The first-order valence-corrected chi connectivity index (χ1v) is 7.66. The Morgan fingerprint density at radius 1 is 1.18 bits per heavy atom. The van der Waals surface area contributed by atoms with Gasteiger partial charge in [0.2, 0.25) is 0 Å². The number of aliphatic hydroxyl groups excluding tert-OH is 1. The fraction of sp³-hybridized carbons (Fsp3) is 0.333. The lowest BCUT2D eigenvalue weighted by atomic mass is 10.0. The van der Waals surface area contributed by atoms with Crippen LogP contribution in [0.2, 0.25) is 0 Å². The monoisotopic (exact) mass is 298 g/mol. The molecule has 0 saturated heterocycles. The Bertz CT molecular complexity index is 616. The maximum Gasteiger partial charge on any atom is 0.120 e. The summed E-state index contributed by atoms with van der Waals surface area (Å²) in [4.78, 5) is 2.21. The standard InChI is InChI=1S/C18H22N2O2/c19-11-18-17-10-16(22-13-14-4-2-1-3-5-14)7-6-15(17)12-20(18)8-9-21/h1-7,10,18,21H,8-9,11-13,19H2. The molecule has 4 heteroatoms. The Morgan fingerprint density at radius 3 is 2.73 bits per heavy atom. The summed E-state index contributed by atoms with van der Waals surface area (Å²) in [6.45, 7) is 2.76. The largest absolute Gasteiger partial charge is 0.489 e. The van der Waals surface area contributed by atoms with Gasteiger partial charge in [-0.3, -0.25) is 4.90 Å². The normalized spacial score (nSPS) is 17.5. The van der Waals surface area contributed by atoms with Crippen LogP contribution in [0.5, 0.6) is 5.75 Å². The van der Waals surface area contributed by atoms with Gasteiger partial charge in [-0.1, -0.05) is 36.4 Å². The van der Waals surface area contributed by atoms with Gasteiger partial charge in [0.1, 0.15) is 12.4 Å². The molecule has 1 unspecified atom stereocenters. The van der Waals surface area contributed by atoms with Crippen molar-refractivity contribution in [3.63, 3.8) is 0 Å². The molecule has 116 valence electrons. The number of nitrogens with zero attached hydrogens (tertiary/aromatic N) is 1. The molecule has 2 aromatic carbocycles. The maximum absolute atomic E-state index is 9.18. The highest BCUT2D eigenvalue weighted by Crippen LogP contribution is 2.35. The molecular formula is C18H22N2O2. The molecule has 0 aromatic heterocycles. The van der Waals surface area contributed by atoms with Crippen molar-refractivity contribution < 1.29 is 9.84 Å². The zero-order chi connectivity index (χ0) is 15.4. The lowest BCUT2D eigenvalue weighted by Gasteiger charge is -2.22. The highest BCUT2D eigenvalue weighted by molar-refractivity contribution is 5.41. The van der Waals surface area contributed by atoms with Crippen LogP contribution in [0.25, 0.3) is 0 Å². The second kappa shape index (κ2) is 6.92. The summed E-state index contributed by atoms with van der Waals surface area (Å²) in [6.07, 6.45) is 0. The molecule has 1 heterocycles. The van der Waals surface area contributed by atoms with Crippen molar-refractivity contribution in [3.8, 4) is 5.75 Å². The van der Waals surface area contributed by atoms with Crippen LogP contribution in [0.1, 0.15) is 22.7 Å². The summed E-state index contributed by atoms with van der Waals surface area (Å²) in [7, 11) is 0. The molecule has 22 heavy (non-hydrogen) atoms. The number of ether oxygens (including phenoxy) is 1. The SMILES string of the molecule is NCC1c2cc(OCc3ccccc3)ccc2CN1CCO. The maximum atomic E-state index is 9.18. The van der Waals surface area contributed by atoms with Crippen molar-refractivity contribution in [1.29, 1.82) is 0 Å². The molecule has 0 radical (unpaired) electrons. The summed E-state index contributed by atoms with van der Waals surface area (Å²) in [5.74, 6) is 0.868. The fourth-order valence-electron chi connectivity index (χ4n) is 3.02. The quantitative estimate of drug-likeness (QED) is 0.857. The van der Waals surface area contributed by atoms with Gasteiger partial charge in [0.05, 0.1) is 6.61 Å². The summed E-state index contributed by atoms with van der Waals surface area (Å²) < 4.78 is 5.90. The molecule has 1 aliphatic rings. The van der Waals surface area contributed by atoms with Crippen molar-refractivity contribution in [2.45, 2.75) is 19.2 Å². The molecule has 3 N–H and O–H groups in total. The van der Waals surface area contributed by atoms with E-state index in [9.17, 15) is 5.11 Å². The first kappa shape index (κ1) is 15.0. The smallest absolute Gasteiger partial charge is 0.120 e. The molecule has 0 aliphatic carbocycles. The minimum atomic E-state index is 0.155. The van der Waals surface area contributed by atoms with E-state index in [1.165, 1.54) is 11.1 Å². The second-order valence-electron chi connectivity index (χ2n) is 5.58. The van der Waals surface area contributed by atoms with Crippen molar-refractivity contribution in [3.05, 3.63) is 65.2 Å². The van der Waals surface area contributed by atoms with E-state index >= 15 is 0 Å². The first-order chi connectivity index (χ1) is 10.8. The van der Waals surface area contributed by atoms with Crippen LogP contribution in [0.15, 0.2) is 48.5 Å². The number of benzene rings is 2. The van der Waals surface area contributed by atoms with Gasteiger partial charge in [-0.2, -0.15) is 0 Å². The van der Waals surface area contributed by atoms with Crippen molar-refractivity contribution >= 4 is 0 Å². The van der Waals surface area contributed by atoms with Gasteiger partial charge in [0.15, 0.2) is 0 Å². The van der Waals surface area contributed by atoms with Crippen LogP contribution in [0, 0.1) is 0 Å². The number of β-amino-alcohol motifs (C(OH)–C–C–N with tert-alkyl or cyclic N) is 1. The Balaban J connectivity index is 1.73. The Morgan fingerprint density at radius 2 is 2.00 bits per heavy atom. The third-order valence-corrected chi connectivity index (χ3v) is 4.15. The molecule has 3 rings (SSSR count). The molecule has 0 fully saturated rings. The van der Waals surface area contributed by atoms with Gasteiger partial charge in [-0.25, -0.2) is 0 Å². The van der Waals surface area contributed by atoms with Crippen LogP contribution in [-0.4, -0.2) is 29.7 Å². The molecule has 1 atom stereocenters. The average molecular weight is 298 g/mol. The molecule has 0 amide bonds. The van der Waals surface area contributed by atoms with Gasteiger partial charge < -0.3 is 15.6 Å². The predicted octanol–water partition coefficient (Wildman–Crippen LogP) is 2.07. The highest BCUT2D eigenvalue weighted by atomic mass is 16.5. The van der Waals surface area contributed by atoms with Crippen LogP contribution in [0.3, 0.4) is 0 Å². The van der Waals surface area contributed by atoms with E-state index in [2.05, 4.69) is 29.2 Å². The zero-order valence-electron chi connectivity index (χ0n) is 12.6. The topological polar surface area (TPSA) is 58.7 Å². The number of fused-ring (bicyclic) bond motifs is 1. The van der Waals surface area contributed by atoms with E-state index in [1.54, 1.807) is 0 Å². The third kappa shape index (κ3) is 3.14. The number of hydrogen-bond acceptors (Lipinski definition) is 4. The summed E-state index contributed by atoms with van der Waals surface area (Å²) in [5, 5.41) is 9.18. The predicted molar refractivity (Wildman–Crippen MR) is 86.5 cm³/mol. The van der Waals surface area contributed by atoms with Crippen LogP contribution in [-0.2, 0) is 13.2 Å². The van der Waals surface area contributed by atoms with Gasteiger partial charge in [-0.05, 0) is 28.8 Å². The van der Waals surface area contributed by atoms with Crippen molar-refractivity contribution in [2.24, 2.45) is 5.73 Å². The zero-order valence-corrected chi connectivity index (χ0v) is 12.6. The Kier molecular flexibility index (Phi) is 4.73. The third-order valence-electron chi connectivity index (χ3n) is 4.15. The molecule has 2 aromatic rings. The molecule has 0 bridgehead atoms. The van der Waals surface area contributed by atoms with E-state index in [1.807, 2.05) is 24.3 Å². The minimum absolute atomic E-state index is 0.155. The molecule has 1 aliphatic heterocycles. The van der Waals surface area contributed by atoms with Gasteiger partial charge >= 0.3 is 0 Å². The van der Waals surface area contributed by atoms with Gasteiger partial charge in [0, 0.05) is 25.7 Å². The lowest BCUT2D eigenvalue weighted by Crippen LogP contribution is -2.30. The van der Waals surface area contributed by atoms with E-state index in [4.69, 9.17) is 10.5 Å². The summed E-state index contributed by atoms with van der Waals surface area (Å²) in [5.41, 5.74) is 9.57. The van der Waals surface area contributed by atoms with Crippen LogP contribution >= 0.6 is 0 Å². The van der Waals surface area contributed by atoms with E-state index in [0.717, 1.165) is 17.9 Å². The van der Waals surface area contributed by atoms with Gasteiger partial charge in [-0.15, -0.1) is 0 Å². The van der Waals surface area contributed by atoms with Crippen molar-refractivity contribution in [1.82, 2.24) is 4.90 Å². The molecule has 0 spiro atoms. The van der Waals surface area contributed by atoms with E-state index < -0.39 is 0 Å². The Labute approximate surface area is 131 Å². The highest BCUT2D eigenvalue weighted by Gasteiger charge is 2.28. The molecule has 4 nitrogen and oxygen atoms in total. The average Bonchev–Trinajstić information content (AvgIpc) is 2.90. The van der Waals surface area contributed by atoms with Crippen LogP contribution in [0.4, 0.5) is 0 Å². The van der Waals surface area contributed by atoms with E-state index in [-0.39, 0.29) is 12.6 Å². The van der Waals surface area contributed by atoms with Crippen molar-refractivity contribution in [2.75, 3.05) is 19.7 Å². The van der Waals surface area contributed by atoms with Crippen LogP contribution < -0.4 is 10.5 Å². The summed E-state index contributed by atoms with van der Waals surface area (Å²) in [6, 6.07) is 16.5. The van der Waals surface area contributed by atoms with Gasteiger partial charge in [0.25, 0.3) is 0 Å². The minimum Gasteiger partial charge on any atom is -0.489 e. The fourth-order valence-corrected chi connectivity index (χ4v) is 3.02. The number of hydrogen-bond donors (Lipinski definition) is 2. The first-order valence-electron chi connectivity index (χ1n) is 7.66. The second-order valence-corrected chi connectivity index (χ2v) is 5.58. The molecule has 0 saturated carbocycles. The number of aliphatic hydroxyl groups is 1. The Hall–Kier alpha value is -1.88.